The molecule has 0 aliphatic carbocycles. The monoisotopic (exact) mass is 429 g/mol. The van der Waals surface area contributed by atoms with E-state index in [0.29, 0.717) is 0 Å². The second-order valence-corrected chi connectivity index (χ2v) is 8.72. The van der Waals surface area contributed by atoms with Gasteiger partial charge in [-0.05, 0) is 55.5 Å². The molecule has 0 fully saturated rings. The van der Waals surface area contributed by atoms with Crippen LogP contribution < -0.4 is 4.74 Å². The molecule has 0 aromatic heterocycles. The molecule has 0 N–H and O–H groups in total. The van der Waals surface area contributed by atoms with Crippen LogP contribution in [0.1, 0.15) is 16.7 Å². The molecule has 0 amide bonds. The van der Waals surface area contributed by atoms with Crippen LogP contribution in [0.4, 0.5) is 0 Å². The number of hydrogen-bond donors (Lipinski definition) is 0. The van der Waals surface area contributed by atoms with Gasteiger partial charge in [0.05, 0.1) is 25.1 Å². The third-order valence-corrected chi connectivity index (χ3v) is 6.30. The lowest BCUT2D eigenvalue weighted by Crippen LogP contribution is -2.32. The summed E-state index contributed by atoms with van der Waals surface area (Å²) in [6.45, 7) is 1.99. The summed E-state index contributed by atoms with van der Waals surface area (Å²) in [7, 11) is -2.13. The summed E-state index contributed by atoms with van der Waals surface area (Å²) in [6.07, 6.45) is 0. The lowest BCUT2D eigenvalue weighted by Gasteiger charge is -2.17. The Labute approximate surface area is 184 Å². The Kier molecular flexibility index (Phi) is 7.51. The van der Waals surface area contributed by atoms with Gasteiger partial charge in [-0.2, -0.15) is 4.31 Å². The van der Waals surface area contributed by atoms with Crippen molar-refractivity contribution in [3.05, 3.63) is 95.6 Å². The Bertz CT molecular complexity index is 1230. The average molecular weight is 430 g/mol. The van der Waals surface area contributed by atoms with Crippen LogP contribution in [-0.4, -0.2) is 32.9 Å². The first-order valence-electron chi connectivity index (χ1n) is 9.73. The number of methoxy groups -OCH3 is 1. The fourth-order valence-corrected chi connectivity index (χ4v) is 3.99. The Morgan fingerprint density at radius 1 is 0.774 bits per heavy atom. The number of nitrogens with zero attached hydrogens (tertiary/aromatic N) is 1. The molecular weight excluding hydrogens is 406 g/mol. The summed E-state index contributed by atoms with van der Waals surface area (Å²) >= 11 is 0. The van der Waals surface area contributed by atoms with Gasteiger partial charge in [0.15, 0.2) is 0 Å². The topological polar surface area (TPSA) is 46.6 Å². The van der Waals surface area contributed by atoms with Crippen molar-refractivity contribution < 1.29 is 13.2 Å². The molecule has 0 unspecified atom stereocenters. The minimum Gasteiger partial charge on any atom is -0.497 e. The molecule has 156 valence electrons. The van der Waals surface area contributed by atoms with Crippen LogP contribution in [0.25, 0.3) is 0 Å². The van der Waals surface area contributed by atoms with Crippen molar-refractivity contribution in [3.63, 3.8) is 0 Å². The van der Waals surface area contributed by atoms with Crippen molar-refractivity contribution in [2.45, 2.75) is 11.8 Å². The number of rotatable bonds is 5. The summed E-state index contributed by atoms with van der Waals surface area (Å²) in [6, 6.07) is 23.5. The standard InChI is InChI=1S/C26H23NO3S/c1-22-12-18-26(19-13-22)31(28,29)27(20-6-10-23-8-4-3-5-9-23)21-7-11-24-14-16-25(30-2)17-15-24/h3-5,8-9,12-19H,20-21H2,1-2H3. The van der Waals surface area contributed by atoms with Gasteiger partial charge < -0.3 is 4.74 Å². The first-order valence-corrected chi connectivity index (χ1v) is 11.2. The van der Waals surface area contributed by atoms with Crippen molar-refractivity contribution in [1.29, 1.82) is 0 Å². The summed E-state index contributed by atoms with van der Waals surface area (Å²) in [4.78, 5) is 0.228. The van der Waals surface area contributed by atoms with Gasteiger partial charge in [-0.1, -0.05) is 59.6 Å². The zero-order chi connectivity index (χ0) is 22.1. The maximum Gasteiger partial charge on any atom is 0.244 e. The molecule has 0 spiro atoms. The minimum atomic E-state index is -3.73. The quantitative estimate of drug-likeness (QED) is 0.574. The summed E-state index contributed by atoms with van der Waals surface area (Å²) in [5.41, 5.74) is 2.61. The molecule has 0 saturated carbocycles. The number of benzene rings is 3. The molecule has 0 saturated heterocycles. The van der Waals surface area contributed by atoms with Gasteiger partial charge in [-0.25, -0.2) is 8.42 Å². The highest BCUT2D eigenvalue weighted by molar-refractivity contribution is 7.89. The fraction of sp³-hybridized carbons (Fsp3) is 0.154. The van der Waals surface area contributed by atoms with E-state index in [4.69, 9.17) is 4.74 Å². The van der Waals surface area contributed by atoms with E-state index < -0.39 is 10.0 Å². The van der Waals surface area contributed by atoms with Crippen molar-refractivity contribution in [2.75, 3.05) is 20.2 Å². The molecule has 31 heavy (non-hydrogen) atoms. The van der Waals surface area contributed by atoms with Gasteiger partial charge in [0.1, 0.15) is 5.75 Å². The van der Waals surface area contributed by atoms with Crippen LogP contribution >= 0.6 is 0 Å². The lowest BCUT2D eigenvalue weighted by atomic mass is 10.2. The molecule has 4 nitrogen and oxygen atoms in total. The van der Waals surface area contributed by atoms with Crippen molar-refractivity contribution >= 4 is 10.0 Å². The van der Waals surface area contributed by atoms with Crippen molar-refractivity contribution in [2.24, 2.45) is 0 Å². The highest BCUT2D eigenvalue weighted by atomic mass is 32.2. The number of sulfonamides is 1. The average Bonchev–Trinajstić information content (AvgIpc) is 2.79. The molecule has 0 aliphatic rings. The maximum absolute atomic E-state index is 13.2. The fourth-order valence-electron chi connectivity index (χ4n) is 2.74. The maximum atomic E-state index is 13.2. The van der Waals surface area contributed by atoms with Gasteiger partial charge in [0.2, 0.25) is 10.0 Å². The third kappa shape index (κ3) is 6.23. The van der Waals surface area contributed by atoms with E-state index in [0.717, 1.165) is 22.4 Å². The first kappa shape index (κ1) is 22.2. The van der Waals surface area contributed by atoms with E-state index in [-0.39, 0.29) is 18.0 Å². The SMILES string of the molecule is COc1ccc(C#CCN(CC#Cc2ccccc2)S(=O)(=O)c2ccc(C)cc2)cc1. The van der Waals surface area contributed by atoms with Crippen molar-refractivity contribution in [1.82, 2.24) is 4.31 Å². The normalized spacial score (nSPS) is 10.5. The number of aryl methyl sites for hydroxylation is 1. The summed E-state index contributed by atoms with van der Waals surface area (Å²) < 4.78 is 32.8. The molecule has 0 atom stereocenters. The van der Waals surface area contributed by atoms with Gasteiger partial charge in [0.25, 0.3) is 0 Å². The predicted molar refractivity (Wildman–Crippen MR) is 123 cm³/mol. The van der Waals surface area contributed by atoms with Crippen LogP contribution in [-0.2, 0) is 10.0 Å². The Balaban J connectivity index is 1.84. The van der Waals surface area contributed by atoms with E-state index in [2.05, 4.69) is 23.7 Å². The molecule has 3 aromatic rings. The van der Waals surface area contributed by atoms with E-state index in [9.17, 15) is 8.42 Å². The van der Waals surface area contributed by atoms with Crippen molar-refractivity contribution in [3.8, 4) is 29.4 Å². The Morgan fingerprint density at radius 3 is 1.87 bits per heavy atom. The van der Waals surface area contributed by atoms with Gasteiger partial charge in [-0.15, -0.1) is 0 Å². The van der Waals surface area contributed by atoms with Gasteiger partial charge in [0, 0.05) is 11.1 Å². The highest BCUT2D eigenvalue weighted by Gasteiger charge is 2.22. The molecule has 0 heterocycles. The minimum absolute atomic E-state index is 0.0334. The zero-order valence-corrected chi connectivity index (χ0v) is 18.3. The molecule has 3 aromatic carbocycles. The van der Waals surface area contributed by atoms with Gasteiger partial charge >= 0.3 is 0 Å². The Hall–Kier alpha value is -3.51. The van der Waals surface area contributed by atoms with Crippen LogP contribution in [0, 0.1) is 30.6 Å². The van der Waals surface area contributed by atoms with E-state index >= 15 is 0 Å². The zero-order valence-electron chi connectivity index (χ0n) is 17.5. The highest BCUT2D eigenvalue weighted by Crippen LogP contribution is 2.16. The second-order valence-electron chi connectivity index (χ2n) is 6.78. The van der Waals surface area contributed by atoms with E-state index in [1.54, 1.807) is 31.4 Å². The molecule has 3 rings (SSSR count). The lowest BCUT2D eigenvalue weighted by molar-refractivity contribution is 0.415. The number of hydrogen-bond acceptors (Lipinski definition) is 3. The first-order chi connectivity index (χ1) is 15.0. The molecular formula is C26H23NO3S. The predicted octanol–water partition coefficient (Wildman–Crippen LogP) is 4.10. The Morgan fingerprint density at radius 2 is 1.32 bits per heavy atom. The smallest absolute Gasteiger partial charge is 0.244 e. The number of ether oxygens (including phenoxy) is 1. The summed E-state index contributed by atoms with van der Waals surface area (Å²) in [5.74, 6) is 12.7. The van der Waals surface area contributed by atoms with Crippen LogP contribution in [0.2, 0.25) is 0 Å². The van der Waals surface area contributed by atoms with E-state index in [1.165, 1.54) is 4.31 Å². The summed E-state index contributed by atoms with van der Waals surface area (Å²) in [5, 5.41) is 0. The molecule has 0 bridgehead atoms. The van der Waals surface area contributed by atoms with Crippen LogP contribution in [0.5, 0.6) is 5.75 Å². The third-order valence-electron chi connectivity index (χ3n) is 4.50. The molecule has 5 heteroatoms. The van der Waals surface area contributed by atoms with Crippen LogP contribution in [0.15, 0.2) is 83.8 Å². The largest absolute Gasteiger partial charge is 0.497 e. The molecule has 0 radical (unpaired) electrons. The van der Waals surface area contributed by atoms with E-state index in [1.807, 2.05) is 61.5 Å². The van der Waals surface area contributed by atoms with Crippen LogP contribution in [0.3, 0.4) is 0 Å². The molecule has 0 aliphatic heterocycles. The second kappa shape index (κ2) is 10.5. The van der Waals surface area contributed by atoms with Gasteiger partial charge in [-0.3, -0.25) is 0 Å².